The lowest BCUT2D eigenvalue weighted by atomic mass is 10.2. The molecule has 0 saturated carbocycles. The summed E-state index contributed by atoms with van der Waals surface area (Å²) in [5, 5.41) is 31.1. The van der Waals surface area contributed by atoms with Crippen molar-refractivity contribution in [2.24, 2.45) is 10.2 Å². The van der Waals surface area contributed by atoms with Crippen molar-refractivity contribution < 1.29 is 9.90 Å². The van der Waals surface area contributed by atoms with E-state index in [1.807, 2.05) is 68.4 Å². The van der Waals surface area contributed by atoms with Crippen LogP contribution in [0.25, 0.3) is 22.3 Å². The predicted molar refractivity (Wildman–Crippen MR) is 107 cm³/mol. The molecule has 0 aliphatic carbocycles. The minimum absolute atomic E-state index is 0.0234. The third kappa shape index (κ3) is 3.62. The van der Waals surface area contributed by atoms with E-state index in [4.69, 9.17) is 0 Å². The quantitative estimate of drug-likeness (QED) is 0.521. The predicted octanol–water partition coefficient (Wildman–Crippen LogP) is 3.89. The molecule has 2 heterocycles. The summed E-state index contributed by atoms with van der Waals surface area (Å²) in [7, 11) is 0. The fourth-order valence-corrected chi connectivity index (χ4v) is 3.13. The van der Waals surface area contributed by atoms with Crippen molar-refractivity contribution in [3.63, 3.8) is 0 Å². The fraction of sp³-hybridized carbons (Fsp3) is 0.200. The van der Waals surface area contributed by atoms with E-state index < -0.39 is 5.91 Å². The molecular weight excluding hydrogens is 370 g/mol. The summed E-state index contributed by atoms with van der Waals surface area (Å²) >= 11 is 0. The molecule has 2 aromatic carbocycles. The van der Waals surface area contributed by atoms with E-state index in [0.717, 1.165) is 16.5 Å². The number of benzene rings is 2. The van der Waals surface area contributed by atoms with Gasteiger partial charge in [0.2, 0.25) is 11.7 Å². The van der Waals surface area contributed by atoms with Gasteiger partial charge in [-0.3, -0.25) is 4.79 Å². The first-order chi connectivity index (χ1) is 14.0. The monoisotopic (exact) mass is 389 g/mol. The van der Waals surface area contributed by atoms with E-state index in [9.17, 15) is 9.90 Å². The molecule has 1 N–H and O–H groups in total. The molecule has 0 aliphatic heterocycles. The van der Waals surface area contributed by atoms with Gasteiger partial charge in [0.25, 0.3) is 5.91 Å². The SMILES string of the molecule is CC(C)n1c(O)c(N=NC(=O)Cn2nnc(-c3ccccc3)n2)c2ccccc21. The molecular formula is C20H19N7O2. The Hall–Kier alpha value is -3.88. The molecule has 0 bridgehead atoms. The average Bonchev–Trinajstić information content (AvgIpc) is 3.29. The minimum Gasteiger partial charge on any atom is -0.493 e. The Bertz CT molecular complexity index is 1190. The Kier molecular flexibility index (Phi) is 4.86. The molecule has 4 rings (SSSR count). The highest BCUT2D eigenvalue weighted by Gasteiger charge is 2.18. The number of amides is 1. The molecule has 0 unspecified atom stereocenters. The second kappa shape index (κ2) is 7.63. The summed E-state index contributed by atoms with van der Waals surface area (Å²) in [5.41, 5.74) is 1.89. The van der Waals surface area contributed by atoms with Crippen molar-refractivity contribution >= 4 is 22.5 Å². The van der Waals surface area contributed by atoms with Gasteiger partial charge in [-0.15, -0.1) is 20.4 Å². The standard InChI is InChI=1S/C20H19N7O2/c1-13(2)27-16-11-7-6-10-15(16)18(20(27)29)22-21-17(28)12-26-24-19(23-25-26)14-8-4-3-5-9-14/h3-11,13,29H,12H2,1-2H3. The zero-order chi connectivity index (χ0) is 20.4. The summed E-state index contributed by atoms with van der Waals surface area (Å²) < 4.78 is 1.75. The number of carbonyl (C=O) groups excluding carboxylic acids is 1. The van der Waals surface area contributed by atoms with E-state index in [-0.39, 0.29) is 24.2 Å². The van der Waals surface area contributed by atoms with E-state index in [2.05, 4.69) is 25.6 Å². The Morgan fingerprint density at radius 3 is 2.59 bits per heavy atom. The van der Waals surface area contributed by atoms with E-state index in [1.165, 1.54) is 4.80 Å². The number of aromatic hydroxyl groups is 1. The Balaban J connectivity index is 1.55. The van der Waals surface area contributed by atoms with E-state index in [0.29, 0.717) is 5.82 Å². The van der Waals surface area contributed by atoms with Gasteiger partial charge in [-0.2, -0.15) is 4.80 Å². The highest BCUT2D eigenvalue weighted by molar-refractivity contribution is 5.95. The van der Waals surface area contributed by atoms with Gasteiger partial charge in [-0.25, -0.2) is 0 Å². The van der Waals surface area contributed by atoms with Crippen molar-refractivity contribution in [3.05, 3.63) is 54.6 Å². The third-order valence-corrected chi connectivity index (χ3v) is 4.40. The number of rotatable bonds is 5. The lowest BCUT2D eigenvalue weighted by Gasteiger charge is -2.10. The van der Waals surface area contributed by atoms with Crippen LogP contribution in [0, 0.1) is 0 Å². The van der Waals surface area contributed by atoms with Crippen LogP contribution in [0.5, 0.6) is 5.88 Å². The van der Waals surface area contributed by atoms with Gasteiger partial charge in [-0.1, -0.05) is 48.5 Å². The van der Waals surface area contributed by atoms with Crippen LogP contribution >= 0.6 is 0 Å². The van der Waals surface area contributed by atoms with Crippen LogP contribution in [0.2, 0.25) is 0 Å². The summed E-state index contributed by atoms with van der Waals surface area (Å²) in [6.07, 6.45) is 0. The van der Waals surface area contributed by atoms with Crippen LogP contribution in [-0.4, -0.2) is 35.8 Å². The van der Waals surface area contributed by atoms with Crippen LogP contribution in [-0.2, 0) is 11.3 Å². The molecule has 0 fully saturated rings. The number of carbonyl (C=O) groups is 1. The molecule has 0 aliphatic rings. The number of hydrogen-bond acceptors (Lipinski definition) is 6. The maximum atomic E-state index is 12.2. The first-order valence-electron chi connectivity index (χ1n) is 9.14. The van der Waals surface area contributed by atoms with Crippen LogP contribution in [0.4, 0.5) is 5.69 Å². The number of para-hydroxylation sites is 1. The molecule has 0 saturated heterocycles. The largest absolute Gasteiger partial charge is 0.493 e. The second-order valence-corrected chi connectivity index (χ2v) is 6.76. The molecule has 9 nitrogen and oxygen atoms in total. The number of fused-ring (bicyclic) bond motifs is 1. The van der Waals surface area contributed by atoms with Crippen molar-refractivity contribution in [2.45, 2.75) is 26.4 Å². The third-order valence-electron chi connectivity index (χ3n) is 4.40. The normalized spacial score (nSPS) is 11.7. The molecule has 29 heavy (non-hydrogen) atoms. The lowest BCUT2D eigenvalue weighted by Crippen LogP contribution is -2.10. The lowest BCUT2D eigenvalue weighted by molar-refractivity contribution is -0.119. The molecule has 0 radical (unpaired) electrons. The smallest absolute Gasteiger partial charge is 0.287 e. The first-order valence-corrected chi connectivity index (χ1v) is 9.14. The molecule has 146 valence electrons. The molecule has 2 aromatic heterocycles. The zero-order valence-corrected chi connectivity index (χ0v) is 16.0. The van der Waals surface area contributed by atoms with Crippen molar-refractivity contribution in [3.8, 4) is 17.3 Å². The number of azo groups is 1. The van der Waals surface area contributed by atoms with Crippen LogP contribution in [0.1, 0.15) is 19.9 Å². The number of aromatic nitrogens is 5. The van der Waals surface area contributed by atoms with Crippen molar-refractivity contribution in [1.82, 2.24) is 24.8 Å². The van der Waals surface area contributed by atoms with Crippen LogP contribution in [0.3, 0.4) is 0 Å². The van der Waals surface area contributed by atoms with Crippen molar-refractivity contribution in [2.75, 3.05) is 0 Å². The van der Waals surface area contributed by atoms with Gasteiger partial charge in [0.15, 0.2) is 5.69 Å². The van der Waals surface area contributed by atoms with Crippen LogP contribution in [0.15, 0.2) is 64.8 Å². The number of tetrazole rings is 1. The van der Waals surface area contributed by atoms with Gasteiger partial charge in [-0.05, 0) is 25.1 Å². The van der Waals surface area contributed by atoms with Gasteiger partial charge in [0, 0.05) is 17.0 Å². The Labute approximate surface area is 166 Å². The van der Waals surface area contributed by atoms with Gasteiger partial charge >= 0.3 is 0 Å². The summed E-state index contributed by atoms with van der Waals surface area (Å²) in [6.45, 7) is 3.71. The first kappa shape index (κ1) is 18.5. The summed E-state index contributed by atoms with van der Waals surface area (Å²) in [5.74, 6) is -0.154. The summed E-state index contributed by atoms with van der Waals surface area (Å²) in [4.78, 5) is 13.4. The van der Waals surface area contributed by atoms with Gasteiger partial charge < -0.3 is 9.67 Å². The Morgan fingerprint density at radius 1 is 1.10 bits per heavy atom. The number of nitrogens with zero attached hydrogens (tertiary/aromatic N) is 7. The molecule has 0 spiro atoms. The average molecular weight is 389 g/mol. The van der Waals surface area contributed by atoms with E-state index in [1.54, 1.807) is 4.57 Å². The number of hydrogen-bond donors (Lipinski definition) is 1. The highest BCUT2D eigenvalue weighted by atomic mass is 16.3. The summed E-state index contributed by atoms with van der Waals surface area (Å²) in [6, 6.07) is 16.8. The fourth-order valence-electron chi connectivity index (χ4n) is 3.13. The molecule has 1 amide bonds. The second-order valence-electron chi connectivity index (χ2n) is 6.76. The molecule has 4 aromatic rings. The topological polar surface area (TPSA) is 111 Å². The van der Waals surface area contributed by atoms with Gasteiger partial charge in [0.05, 0.1) is 5.52 Å². The Morgan fingerprint density at radius 2 is 1.83 bits per heavy atom. The van der Waals surface area contributed by atoms with E-state index >= 15 is 0 Å². The van der Waals surface area contributed by atoms with Crippen LogP contribution < -0.4 is 0 Å². The maximum Gasteiger partial charge on any atom is 0.287 e. The molecule has 9 heteroatoms. The highest BCUT2D eigenvalue weighted by Crippen LogP contribution is 2.40. The van der Waals surface area contributed by atoms with Crippen molar-refractivity contribution in [1.29, 1.82) is 0 Å². The maximum absolute atomic E-state index is 12.2. The minimum atomic E-state index is -0.553. The molecule has 0 atom stereocenters. The van der Waals surface area contributed by atoms with Gasteiger partial charge in [0.1, 0.15) is 6.54 Å². The zero-order valence-electron chi connectivity index (χ0n) is 16.0.